The lowest BCUT2D eigenvalue weighted by atomic mass is 10.1. The van der Waals surface area contributed by atoms with E-state index < -0.39 is 6.10 Å². The zero-order valence-electron chi connectivity index (χ0n) is 13.8. The minimum atomic E-state index is -0.495. The quantitative estimate of drug-likeness (QED) is 0.890. The maximum absolute atomic E-state index is 12.6. The molecule has 0 spiro atoms. The number of benzene rings is 1. The molecule has 2 heterocycles. The molecule has 0 aliphatic carbocycles. The molecule has 1 saturated heterocycles. The summed E-state index contributed by atoms with van der Waals surface area (Å²) in [4.78, 5) is 17.3. The fraction of sp³-hybridized carbons (Fsp3) is 0.471. The number of aryl methyl sites for hydroxylation is 1. The van der Waals surface area contributed by atoms with E-state index >= 15 is 0 Å². The molecular formula is C17H22N4O2S. The van der Waals surface area contributed by atoms with Crippen LogP contribution in [0.25, 0.3) is 0 Å². The van der Waals surface area contributed by atoms with Crippen LogP contribution in [0.4, 0.5) is 0 Å². The van der Waals surface area contributed by atoms with Gasteiger partial charge < -0.3 is 10.0 Å². The van der Waals surface area contributed by atoms with Gasteiger partial charge in [0.25, 0.3) is 5.91 Å². The van der Waals surface area contributed by atoms with E-state index in [-0.39, 0.29) is 5.91 Å². The van der Waals surface area contributed by atoms with E-state index in [9.17, 15) is 9.90 Å². The fourth-order valence-electron chi connectivity index (χ4n) is 2.90. The molecule has 3 rings (SSSR count). The van der Waals surface area contributed by atoms with E-state index in [0.717, 1.165) is 30.8 Å². The summed E-state index contributed by atoms with van der Waals surface area (Å²) in [6, 6.07) is 9.69. The first-order valence-corrected chi connectivity index (χ1v) is 9.02. The van der Waals surface area contributed by atoms with E-state index in [1.165, 1.54) is 11.5 Å². The summed E-state index contributed by atoms with van der Waals surface area (Å²) in [5, 5.41) is 14.3. The van der Waals surface area contributed by atoms with E-state index in [1.807, 2.05) is 42.2 Å². The zero-order valence-corrected chi connectivity index (χ0v) is 14.6. The smallest absolute Gasteiger partial charge is 0.267 e. The number of amides is 1. The molecule has 1 atom stereocenters. The Labute approximate surface area is 145 Å². The van der Waals surface area contributed by atoms with Crippen LogP contribution in [0.15, 0.2) is 30.3 Å². The average molecular weight is 346 g/mol. The van der Waals surface area contributed by atoms with Crippen molar-refractivity contribution in [2.45, 2.75) is 19.4 Å². The lowest BCUT2D eigenvalue weighted by molar-refractivity contribution is 0.0530. The molecule has 6 nitrogen and oxygen atoms in total. The van der Waals surface area contributed by atoms with Gasteiger partial charge in [0.15, 0.2) is 0 Å². The van der Waals surface area contributed by atoms with Crippen LogP contribution < -0.4 is 0 Å². The Morgan fingerprint density at radius 3 is 2.62 bits per heavy atom. The number of aromatic nitrogens is 2. The van der Waals surface area contributed by atoms with Gasteiger partial charge in [-0.2, -0.15) is 0 Å². The van der Waals surface area contributed by atoms with Crippen LogP contribution in [0.2, 0.25) is 0 Å². The first-order valence-electron chi connectivity index (χ1n) is 8.25. The first kappa shape index (κ1) is 17.0. The number of carbonyl (C=O) groups is 1. The summed E-state index contributed by atoms with van der Waals surface area (Å²) in [6.07, 6.45) is 0.228. The summed E-state index contributed by atoms with van der Waals surface area (Å²) in [6.45, 7) is 5.44. The first-order chi connectivity index (χ1) is 11.7. The molecule has 0 unspecified atom stereocenters. The van der Waals surface area contributed by atoms with Crippen molar-refractivity contribution in [1.82, 2.24) is 19.4 Å². The van der Waals surface area contributed by atoms with Gasteiger partial charge in [0.05, 0.1) is 11.8 Å². The zero-order chi connectivity index (χ0) is 16.9. The van der Waals surface area contributed by atoms with Crippen molar-refractivity contribution >= 4 is 17.4 Å². The van der Waals surface area contributed by atoms with E-state index in [2.05, 4.69) is 14.5 Å². The molecule has 1 fully saturated rings. The largest absolute Gasteiger partial charge is 0.387 e. The second-order valence-electron chi connectivity index (χ2n) is 5.92. The Morgan fingerprint density at radius 2 is 1.96 bits per heavy atom. The second kappa shape index (κ2) is 7.83. The van der Waals surface area contributed by atoms with Crippen molar-refractivity contribution in [3.05, 3.63) is 46.5 Å². The van der Waals surface area contributed by atoms with Crippen LogP contribution in [0, 0.1) is 0 Å². The van der Waals surface area contributed by atoms with Crippen LogP contribution in [0.1, 0.15) is 34.0 Å². The predicted molar refractivity (Wildman–Crippen MR) is 93.0 cm³/mol. The van der Waals surface area contributed by atoms with Crippen molar-refractivity contribution < 1.29 is 9.90 Å². The second-order valence-corrected chi connectivity index (χ2v) is 6.68. The fourth-order valence-corrected chi connectivity index (χ4v) is 3.62. The van der Waals surface area contributed by atoms with E-state index in [1.54, 1.807) is 0 Å². The number of carbonyl (C=O) groups excluding carboxylic acids is 1. The molecule has 1 aliphatic rings. The van der Waals surface area contributed by atoms with Gasteiger partial charge in [-0.25, -0.2) is 0 Å². The van der Waals surface area contributed by atoms with Gasteiger partial charge in [0, 0.05) is 32.7 Å². The lowest BCUT2D eigenvalue weighted by Gasteiger charge is -2.35. The molecule has 128 valence electrons. The van der Waals surface area contributed by atoms with E-state index in [4.69, 9.17) is 0 Å². The third kappa shape index (κ3) is 3.80. The van der Waals surface area contributed by atoms with Crippen molar-refractivity contribution in [2.24, 2.45) is 0 Å². The van der Waals surface area contributed by atoms with Crippen LogP contribution in [-0.2, 0) is 6.42 Å². The maximum atomic E-state index is 12.6. The third-order valence-electron chi connectivity index (χ3n) is 4.36. The number of nitrogens with zero attached hydrogens (tertiary/aromatic N) is 4. The standard InChI is InChI=1S/C17H22N4O2S/c1-2-14-16(24-19-18-14)17(23)21-10-8-20(9-11-21)12-15(22)13-6-4-3-5-7-13/h3-7,15,22H,2,8-12H2,1H3/t15-/m0/s1. The maximum Gasteiger partial charge on any atom is 0.267 e. The molecule has 1 aliphatic heterocycles. The van der Waals surface area contributed by atoms with Crippen LogP contribution in [0.5, 0.6) is 0 Å². The highest BCUT2D eigenvalue weighted by Crippen LogP contribution is 2.18. The number of hydrogen-bond acceptors (Lipinski definition) is 6. The number of hydrogen-bond donors (Lipinski definition) is 1. The van der Waals surface area contributed by atoms with Gasteiger partial charge in [0.2, 0.25) is 0 Å². The van der Waals surface area contributed by atoms with Crippen LogP contribution >= 0.6 is 11.5 Å². The summed E-state index contributed by atoms with van der Waals surface area (Å²) in [5.41, 5.74) is 1.71. The Hall–Kier alpha value is -1.83. The molecule has 24 heavy (non-hydrogen) atoms. The van der Waals surface area contributed by atoms with Gasteiger partial charge in [-0.3, -0.25) is 9.69 Å². The topological polar surface area (TPSA) is 69.6 Å². The molecule has 1 aromatic carbocycles. The van der Waals surface area contributed by atoms with Crippen LogP contribution in [-0.4, -0.2) is 63.1 Å². The van der Waals surface area contributed by atoms with Crippen LogP contribution in [0.3, 0.4) is 0 Å². The summed E-state index contributed by atoms with van der Waals surface area (Å²) in [5.74, 6) is 0.0325. The molecule has 0 saturated carbocycles. The van der Waals surface area contributed by atoms with Gasteiger partial charge >= 0.3 is 0 Å². The highest BCUT2D eigenvalue weighted by atomic mass is 32.1. The SMILES string of the molecule is CCc1nnsc1C(=O)N1CCN(C[C@H](O)c2ccccc2)CC1. The van der Waals surface area contributed by atoms with Crippen molar-refractivity contribution in [1.29, 1.82) is 0 Å². The number of aliphatic hydroxyl groups excluding tert-OH is 1. The van der Waals surface area contributed by atoms with E-state index in [0.29, 0.717) is 24.5 Å². The van der Waals surface area contributed by atoms with Gasteiger partial charge in [-0.05, 0) is 23.5 Å². The monoisotopic (exact) mass is 346 g/mol. The van der Waals surface area contributed by atoms with Crippen molar-refractivity contribution in [2.75, 3.05) is 32.7 Å². The Morgan fingerprint density at radius 1 is 1.25 bits per heavy atom. The average Bonchev–Trinajstić information content (AvgIpc) is 3.11. The summed E-state index contributed by atoms with van der Waals surface area (Å²) in [7, 11) is 0. The molecule has 7 heteroatoms. The van der Waals surface area contributed by atoms with Gasteiger partial charge in [-0.15, -0.1) is 5.10 Å². The Kier molecular flexibility index (Phi) is 5.55. The minimum Gasteiger partial charge on any atom is -0.387 e. The number of β-amino-alcohol motifs (C(OH)–C–C–N with tert-alkyl or cyclic N) is 1. The van der Waals surface area contributed by atoms with Crippen molar-refractivity contribution in [3.8, 4) is 0 Å². The third-order valence-corrected chi connectivity index (χ3v) is 5.12. The molecule has 2 aromatic rings. The number of piperazine rings is 1. The molecule has 0 bridgehead atoms. The highest BCUT2D eigenvalue weighted by molar-refractivity contribution is 7.08. The highest BCUT2D eigenvalue weighted by Gasteiger charge is 2.26. The molecule has 1 aromatic heterocycles. The number of aliphatic hydroxyl groups is 1. The molecular weight excluding hydrogens is 324 g/mol. The molecule has 1 amide bonds. The van der Waals surface area contributed by atoms with Gasteiger partial charge in [0.1, 0.15) is 4.88 Å². The Bertz CT molecular complexity index is 668. The summed E-state index contributed by atoms with van der Waals surface area (Å²) < 4.78 is 3.90. The molecule has 0 radical (unpaired) electrons. The minimum absolute atomic E-state index is 0.0325. The number of rotatable bonds is 5. The lowest BCUT2D eigenvalue weighted by Crippen LogP contribution is -2.49. The van der Waals surface area contributed by atoms with Crippen molar-refractivity contribution in [3.63, 3.8) is 0 Å². The normalized spacial score (nSPS) is 17.0. The summed E-state index contributed by atoms with van der Waals surface area (Å²) >= 11 is 1.18. The van der Waals surface area contributed by atoms with Gasteiger partial charge in [-0.1, -0.05) is 41.7 Å². The molecule has 1 N–H and O–H groups in total. The predicted octanol–water partition coefficient (Wildman–Crippen LogP) is 1.59. The Balaban J connectivity index is 1.53.